The number of nitriles is 1. The van der Waals surface area contributed by atoms with Crippen molar-refractivity contribution in [1.29, 1.82) is 5.26 Å². The molecule has 0 aromatic heterocycles. The Morgan fingerprint density at radius 3 is 2.65 bits per heavy atom. The van der Waals surface area contributed by atoms with Gasteiger partial charge in [-0.1, -0.05) is 17.7 Å². The lowest BCUT2D eigenvalue weighted by Gasteiger charge is -2.09. The Kier molecular flexibility index (Phi) is 5.59. The maximum absolute atomic E-state index is 13.8. The van der Waals surface area contributed by atoms with E-state index in [1.165, 1.54) is 24.3 Å². The van der Waals surface area contributed by atoms with Crippen molar-refractivity contribution in [3.8, 4) is 17.6 Å². The third-order valence-electron chi connectivity index (χ3n) is 2.41. The van der Waals surface area contributed by atoms with E-state index >= 15 is 0 Å². The Labute approximate surface area is 126 Å². The molecule has 4 nitrogen and oxygen atoms in total. The predicted molar refractivity (Wildman–Crippen MR) is 77.7 cm³/mol. The quantitative estimate of drug-likeness (QED) is 0.667. The second-order valence-corrected chi connectivity index (χ2v) is 4.02. The van der Waals surface area contributed by atoms with E-state index in [2.05, 4.69) is 5.43 Å². The highest BCUT2D eigenvalue weighted by Crippen LogP contribution is 2.31. The maximum Gasteiger partial charge on any atom is 0.183 e. The number of nitrogens with one attached hydrogen (secondary N) is 1. The van der Waals surface area contributed by atoms with Gasteiger partial charge in [-0.05, 0) is 24.3 Å². The van der Waals surface area contributed by atoms with E-state index in [0.717, 1.165) is 0 Å². The van der Waals surface area contributed by atoms with E-state index < -0.39 is 5.82 Å². The summed E-state index contributed by atoms with van der Waals surface area (Å²) in [4.78, 5) is 0. The average molecular weight is 314 g/mol. The zero-order chi connectivity index (χ0) is 13.8. The molecule has 104 valence electrons. The van der Waals surface area contributed by atoms with Gasteiger partial charge in [0, 0.05) is 6.07 Å². The number of halogens is 3. The van der Waals surface area contributed by atoms with Crippen LogP contribution in [0.25, 0.3) is 0 Å². The average Bonchev–Trinajstić information content (AvgIpc) is 2.41. The van der Waals surface area contributed by atoms with Crippen LogP contribution in [0.2, 0.25) is 5.02 Å². The van der Waals surface area contributed by atoms with Gasteiger partial charge < -0.3 is 10.2 Å². The fourth-order valence-corrected chi connectivity index (χ4v) is 1.70. The van der Waals surface area contributed by atoms with Gasteiger partial charge in [0.1, 0.15) is 11.8 Å². The Morgan fingerprint density at radius 1 is 1.30 bits per heavy atom. The highest BCUT2D eigenvalue weighted by atomic mass is 35.5. The normalized spacial score (nSPS) is 9.30. The molecule has 0 heterocycles. The number of nitrogen functional groups attached to an aromatic ring is 1. The Bertz CT molecular complexity index is 659. The van der Waals surface area contributed by atoms with Gasteiger partial charge in [0.15, 0.2) is 11.6 Å². The first-order chi connectivity index (χ1) is 9.15. The maximum atomic E-state index is 13.8. The number of anilines is 1. The van der Waals surface area contributed by atoms with E-state index in [1.54, 1.807) is 18.2 Å². The highest BCUT2D eigenvalue weighted by Gasteiger charge is 2.10. The topological polar surface area (TPSA) is 71.1 Å². The van der Waals surface area contributed by atoms with Crippen molar-refractivity contribution in [3.05, 3.63) is 52.8 Å². The van der Waals surface area contributed by atoms with Crippen LogP contribution in [0, 0.1) is 17.1 Å². The summed E-state index contributed by atoms with van der Waals surface area (Å²) in [5.41, 5.74) is 2.86. The first-order valence-corrected chi connectivity index (χ1v) is 5.66. The van der Waals surface area contributed by atoms with Crippen LogP contribution in [0.5, 0.6) is 11.5 Å². The monoisotopic (exact) mass is 313 g/mol. The van der Waals surface area contributed by atoms with Crippen LogP contribution in [0.15, 0.2) is 36.4 Å². The Balaban J connectivity index is 0.00000200. The van der Waals surface area contributed by atoms with E-state index in [4.69, 9.17) is 27.4 Å². The minimum absolute atomic E-state index is 0. The first kappa shape index (κ1) is 16.1. The molecule has 2 aromatic carbocycles. The van der Waals surface area contributed by atoms with E-state index in [1.807, 2.05) is 0 Å². The van der Waals surface area contributed by atoms with Gasteiger partial charge >= 0.3 is 0 Å². The summed E-state index contributed by atoms with van der Waals surface area (Å²) in [6.45, 7) is 0. The molecule has 2 aromatic rings. The molecule has 2 rings (SSSR count). The molecule has 0 aliphatic rings. The summed E-state index contributed by atoms with van der Waals surface area (Å²) in [6, 6.07) is 10.8. The minimum atomic E-state index is -0.706. The molecule has 0 spiro atoms. The van der Waals surface area contributed by atoms with Crippen molar-refractivity contribution >= 4 is 29.7 Å². The van der Waals surface area contributed by atoms with Crippen LogP contribution in [-0.2, 0) is 0 Å². The molecular weight excluding hydrogens is 304 g/mol. The third kappa shape index (κ3) is 3.31. The summed E-state index contributed by atoms with van der Waals surface area (Å²) in [7, 11) is 0. The number of nitrogens with zero attached hydrogens (tertiary/aromatic N) is 1. The number of hydrogen-bond donors (Lipinski definition) is 2. The predicted octanol–water partition coefficient (Wildman–Crippen LogP) is 3.85. The van der Waals surface area contributed by atoms with Crippen LogP contribution in [-0.4, -0.2) is 0 Å². The van der Waals surface area contributed by atoms with Crippen molar-refractivity contribution < 1.29 is 9.13 Å². The van der Waals surface area contributed by atoms with Crippen molar-refractivity contribution in [3.63, 3.8) is 0 Å². The van der Waals surface area contributed by atoms with Gasteiger partial charge in [0.25, 0.3) is 0 Å². The molecule has 0 aliphatic heterocycles. The summed E-state index contributed by atoms with van der Waals surface area (Å²) in [5.74, 6) is 4.84. The Morgan fingerprint density at radius 2 is 2.05 bits per heavy atom. The van der Waals surface area contributed by atoms with Crippen molar-refractivity contribution in [2.24, 2.45) is 5.84 Å². The zero-order valence-electron chi connectivity index (χ0n) is 10.1. The molecule has 20 heavy (non-hydrogen) atoms. The van der Waals surface area contributed by atoms with Crippen LogP contribution in [0.4, 0.5) is 10.1 Å². The lowest BCUT2D eigenvalue weighted by molar-refractivity contribution is 0.441. The van der Waals surface area contributed by atoms with Gasteiger partial charge in [-0.25, -0.2) is 4.39 Å². The zero-order valence-corrected chi connectivity index (χ0v) is 11.6. The minimum Gasteiger partial charge on any atom is -0.454 e. The summed E-state index contributed by atoms with van der Waals surface area (Å²) >= 11 is 5.93. The van der Waals surface area contributed by atoms with E-state index in [-0.39, 0.29) is 23.7 Å². The van der Waals surface area contributed by atoms with Gasteiger partial charge in [0.2, 0.25) is 0 Å². The van der Waals surface area contributed by atoms with E-state index in [0.29, 0.717) is 16.5 Å². The third-order valence-corrected chi connectivity index (χ3v) is 2.72. The lowest BCUT2D eigenvalue weighted by Crippen LogP contribution is -2.06. The van der Waals surface area contributed by atoms with E-state index in [9.17, 15) is 4.39 Å². The number of benzene rings is 2. The first-order valence-electron chi connectivity index (χ1n) is 5.28. The summed E-state index contributed by atoms with van der Waals surface area (Å²) < 4.78 is 19.1. The number of ether oxygens (including phenoxy) is 1. The molecule has 0 fully saturated rings. The highest BCUT2D eigenvalue weighted by molar-refractivity contribution is 6.33. The SMILES string of the molecule is Cl.N#Cc1cccc(Oc2ccc(NN)c(Cl)c2)c1F. The molecule has 0 amide bonds. The molecule has 0 bridgehead atoms. The number of hydrazine groups is 1. The van der Waals surface area contributed by atoms with Crippen molar-refractivity contribution in [2.45, 2.75) is 0 Å². The summed E-state index contributed by atoms with van der Waals surface area (Å²) in [5, 5.41) is 9.08. The number of nitrogens with two attached hydrogens (primary N) is 1. The second kappa shape index (κ2) is 6.96. The summed E-state index contributed by atoms with van der Waals surface area (Å²) in [6.07, 6.45) is 0. The second-order valence-electron chi connectivity index (χ2n) is 3.62. The lowest BCUT2D eigenvalue weighted by atomic mass is 10.2. The number of rotatable bonds is 3. The van der Waals surface area contributed by atoms with Crippen LogP contribution < -0.4 is 16.0 Å². The van der Waals surface area contributed by atoms with Gasteiger partial charge in [-0.3, -0.25) is 5.84 Å². The fraction of sp³-hybridized carbons (Fsp3) is 0. The smallest absolute Gasteiger partial charge is 0.183 e. The molecule has 3 N–H and O–H groups in total. The largest absolute Gasteiger partial charge is 0.454 e. The molecule has 7 heteroatoms. The van der Waals surface area contributed by atoms with Crippen LogP contribution in [0.3, 0.4) is 0 Å². The standard InChI is InChI=1S/C13H9ClFN3O.ClH/c14-10-6-9(4-5-11(10)18-17)19-12-3-1-2-8(7-16)13(12)15;/h1-6,18H,17H2;1H. The molecule has 0 radical (unpaired) electrons. The van der Waals surface area contributed by atoms with Crippen molar-refractivity contribution in [1.82, 2.24) is 0 Å². The molecule has 0 atom stereocenters. The molecular formula is C13H10Cl2FN3O. The van der Waals surface area contributed by atoms with Gasteiger partial charge in [-0.2, -0.15) is 5.26 Å². The molecule has 0 saturated heterocycles. The van der Waals surface area contributed by atoms with Crippen molar-refractivity contribution in [2.75, 3.05) is 5.43 Å². The fourth-order valence-electron chi connectivity index (χ4n) is 1.48. The van der Waals surface area contributed by atoms with Crippen LogP contribution >= 0.6 is 24.0 Å². The van der Waals surface area contributed by atoms with Crippen LogP contribution in [0.1, 0.15) is 5.56 Å². The molecule has 0 saturated carbocycles. The molecule has 0 aliphatic carbocycles. The van der Waals surface area contributed by atoms with Gasteiger partial charge in [-0.15, -0.1) is 12.4 Å². The Hall–Kier alpha value is -2.00. The van der Waals surface area contributed by atoms with Gasteiger partial charge in [0.05, 0.1) is 16.3 Å². The number of hydrogen-bond acceptors (Lipinski definition) is 4. The molecule has 0 unspecified atom stereocenters.